The first-order chi connectivity index (χ1) is 14.2. The Kier molecular flexibility index (Phi) is 5.20. The van der Waals surface area contributed by atoms with E-state index in [1.165, 1.54) is 12.1 Å². The lowest BCUT2D eigenvalue weighted by molar-refractivity contribution is -0.384. The van der Waals surface area contributed by atoms with E-state index in [1.807, 2.05) is 54.6 Å². The summed E-state index contributed by atoms with van der Waals surface area (Å²) in [6.45, 7) is 0. The molecule has 7 nitrogen and oxygen atoms in total. The lowest BCUT2D eigenvalue weighted by atomic mass is 10.1. The van der Waals surface area contributed by atoms with E-state index >= 15 is 0 Å². The van der Waals surface area contributed by atoms with Crippen LogP contribution in [0.4, 0.5) is 5.69 Å². The van der Waals surface area contributed by atoms with Gasteiger partial charge in [-0.1, -0.05) is 42.5 Å². The van der Waals surface area contributed by atoms with Gasteiger partial charge in [-0.3, -0.25) is 10.1 Å². The van der Waals surface area contributed by atoms with Gasteiger partial charge in [-0.2, -0.15) is 10.2 Å². The highest BCUT2D eigenvalue weighted by Gasteiger charge is 2.09. The molecule has 1 heterocycles. The number of aromatic nitrogens is 2. The number of fused-ring (bicyclic) bond motifs is 1. The van der Waals surface area contributed by atoms with E-state index in [0.29, 0.717) is 6.42 Å². The fourth-order valence-corrected chi connectivity index (χ4v) is 2.92. The summed E-state index contributed by atoms with van der Waals surface area (Å²) in [6.07, 6.45) is 2.07. The van der Waals surface area contributed by atoms with Crippen LogP contribution in [0, 0.1) is 10.1 Å². The number of hydrogen-bond donors (Lipinski definition) is 1. The standard InChI is InChI=1S/C22H17N5O2/c28-27(29)18-12-10-16(11-13-18)15-23-26-21(17-6-2-1-3-7-17)14-22-24-19-8-4-5-9-20(19)25-22/h1-13,15H,14H2,(H,24,25). The third-order valence-corrected chi connectivity index (χ3v) is 4.37. The van der Waals surface area contributed by atoms with Gasteiger partial charge in [-0.05, 0) is 35.4 Å². The molecule has 0 radical (unpaired) electrons. The number of hydrogen-bond acceptors (Lipinski definition) is 5. The van der Waals surface area contributed by atoms with Crippen LogP contribution in [0.2, 0.25) is 0 Å². The summed E-state index contributed by atoms with van der Waals surface area (Å²) in [5, 5.41) is 19.4. The van der Waals surface area contributed by atoms with Crippen LogP contribution in [0.15, 0.2) is 89.1 Å². The maximum absolute atomic E-state index is 10.8. The van der Waals surface area contributed by atoms with Crippen LogP contribution in [0.1, 0.15) is 17.0 Å². The Morgan fingerprint density at radius 1 is 1.00 bits per heavy atom. The zero-order chi connectivity index (χ0) is 20.1. The maximum Gasteiger partial charge on any atom is 0.269 e. The van der Waals surface area contributed by atoms with E-state index in [9.17, 15) is 10.1 Å². The number of nitrogens with zero attached hydrogens (tertiary/aromatic N) is 4. The Morgan fingerprint density at radius 2 is 1.72 bits per heavy atom. The van der Waals surface area contributed by atoms with Crippen molar-refractivity contribution in [3.63, 3.8) is 0 Å². The molecule has 0 atom stereocenters. The summed E-state index contributed by atoms with van der Waals surface area (Å²) >= 11 is 0. The molecule has 0 fully saturated rings. The van der Waals surface area contributed by atoms with E-state index in [4.69, 9.17) is 0 Å². The minimum absolute atomic E-state index is 0.0421. The average Bonchev–Trinajstić information content (AvgIpc) is 3.16. The molecular weight excluding hydrogens is 366 g/mol. The van der Waals surface area contributed by atoms with E-state index in [2.05, 4.69) is 20.2 Å². The van der Waals surface area contributed by atoms with Crippen LogP contribution in [-0.2, 0) is 6.42 Å². The second-order valence-corrected chi connectivity index (χ2v) is 6.38. The summed E-state index contributed by atoms with van der Waals surface area (Å²) in [7, 11) is 0. The normalized spacial score (nSPS) is 11.9. The quantitative estimate of drug-likeness (QED) is 0.301. The second-order valence-electron chi connectivity index (χ2n) is 6.38. The summed E-state index contributed by atoms with van der Waals surface area (Å²) in [6, 6.07) is 23.8. The number of rotatable bonds is 6. The lowest BCUT2D eigenvalue weighted by Gasteiger charge is -2.03. The van der Waals surface area contributed by atoms with Crippen molar-refractivity contribution in [2.24, 2.45) is 10.2 Å². The second kappa shape index (κ2) is 8.26. The number of benzene rings is 3. The highest BCUT2D eigenvalue weighted by Crippen LogP contribution is 2.14. The maximum atomic E-state index is 10.8. The largest absolute Gasteiger partial charge is 0.342 e. The average molecular weight is 383 g/mol. The smallest absolute Gasteiger partial charge is 0.269 e. The fourth-order valence-electron chi connectivity index (χ4n) is 2.92. The van der Waals surface area contributed by atoms with Crippen molar-refractivity contribution in [1.82, 2.24) is 9.97 Å². The van der Waals surface area contributed by atoms with Crippen LogP contribution in [0.25, 0.3) is 11.0 Å². The molecule has 1 aromatic heterocycles. The Balaban J connectivity index is 1.60. The summed E-state index contributed by atoms with van der Waals surface area (Å²) in [4.78, 5) is 18.3. The van der Waals surface area contributed by atoms with Gasteiger partial charge in [0, 0.05) is 12.1 Å². The molecule has 1 N–H and O–H groups in total. The van der Waals surface area contributed by atoms with Gasteiger partial charge in [-0.15, -0.1) is 0 Å². The minimum Gasteiger partial charge on any atom is -0.342 e. The number of nitro groups is 1. The number of para-hydroxylation sites is 2. The highest BCUT2D eigenvalue weighted by molar-refractivity contribution is 6.02. The molecule has 0 aliphatic heterocycles. The topological polar surface area (TPSA) is 96.5 Å². The number of nitrogens with one attached hydrogen (secondary N) is 1. The van der Waals surface area contributed by atoms with Gasteiger partial charge in [0.1, 0.15) is 5.82 Å². The Labute approximate surface area is 166 Å². The first kappa shape index (κ1) is 18.2. The molecule has 0 bridgehead atoms. The zero-order valence-corrected chi connectivity index (χ0v) is 15.4. The van der Waals surface area contributed by atoms with Crippen molar-refractivity contribution < 1.29 is 4.92 Å². The number of imidazole rings is 1. The number of nitro benzene ring substituents is 1. The van der Waals surface area contributed by atoms with Gasteiger partial charge in [0.25, 0.3) is 5.69 Å². The van der Waals surface area contributed by atoms with E-state index in [-0.39, 0.29) is 5.69 Å². The van der Waals surface area contributed by atoms with Gasteiger partial charge in [0.15, 0.2) is 0 Å². The number of aromatic amines is 1. The van der Waals surface area contributed by atoms with Gasteiger partial charge in [0.05, 0.1) is 34.3 Å². The highest BCUT2D eigenvalue weighted by atomic mass is 16.6. The fraction of sp³-hybridized carbons (Fsp3) is 0.0455. The molecule has 0 unspecified atom stereocenters. The van der Waals surface area contributed by atoms with Crippen molar-refractivity contribution in [2.75, 3.05) is 0 Å². The zero-order valence-electron chi connectivity index (χ0n) is 15.4. The van der Waals surface area contributed by atoms with Crippen LogP contribution in [0.3, 0.4) is 0 Å². The van der Waals surface area contributed by atoms with Gasteiger partial charge < -0.3 is 4.98 Å². The van der Waals surface area contributed by atoms with Crippen LogP contribution < -0.4 is 0 Å². The Hall–Kier alpha value is -4.13. The molecule has 0 aliphatic carbocycles. The molecule has 29 heavy (non-hydrogen) atoms. The van der Waals surface area contributed by atoms with Crippen LogP contribution >= 0.6 is 0 Å². The number of non-ortho nitro benzene ring substituents is 1. The molecule has 142 valence electrons. The van der Waals surface area contributed by atoms with E-state index < -0.39 is 4.92 Å². The molecule has 0 saturated heterocycles. The first-order valence-electron chi connectivity index (χ1n) is 9.02. The predicted octanol–water partition coefficient (Wildman–Crippen LogP) is 4.54. The van der Waals surface area contributed by atoms with Crippen molar-refractivity contribution in [3.05, 3.63) is 106 Å². The summed E-state index contributed by atoms with van der Waals surface area (Å²) < 4.78 is 0. The number of H-pyrrole nitrogens is 1. The van der Waals surface area contributed by atoms with Crippen LogP contribution in [-0.4, -0.2) is 26.8 Å². The van der Waals surface area contributed by atoms with E-state index in [1.54, 1.807) is 18.3 Å². The summed E-state index contributed by atoms with van der Waals surface area (Å²) in [5.74, 6) is 0.805. The van der Waals surface area contributed by atoms with Gasteiger partial charge in [0.2, 0.25) is 0 Å². The summed E-state index contributed by atoms with van der Waals surface area (Å²) in [5.41, 5.74) is 4.38. The molecule has 4 aromatic rings. The van der Waals surface area contributed by atoms with Crippen molar-refractivity contribution >= 4 is 28.6 Å². The molecule has 0 aliphatic rings. The van der Waals surface area contributed by atoms with Crippen molar-refractivity contribution in [3.8, 4) is 0 Å². The molecule has 0 amide bonds. The minimum atomic E-state index is -0.431. The van der Waals surface area contributed by atoms with Gasteiger partial charge in [-0.25, -0.2) is 4.98 Å². The molecule has 3 aromatic carbocycles. The molecule has 0 spiro atoms. The SMILES string of the molecule is O=[N+]([O-])c1ccc(C=NN=C(Cc2nc3ccccc3[nH]2)c2ccccc2)cc1. The molecular formula is C22H17N5O2. The molecule has 0 saturated carbocycles. The third kappa shape index (κ3) is 4.41. The van der Waals surface area contributed by atoms with Crippen molar-refractivity contribution in [1.29, 1.82) is 0 Å². The Bertz CT molecular complexity index is 1160. The van der Waals surface area contributed by atoms with Crippen LogP contribution in [0.5, 0.6) is 0 Å². The molecule has 7 heteroatoms. The monoisotopic (exact) mass is 383 g/mol. The van der Waals surface area contributed by atoms with Crippen molar-refractivity contribution in [2.45, 2.75) is 6.42 Å². The van der Waals surface area contributed by atoms with Gasteiger partial charge >= 0.3 is 0 Å². The molecule has 4 rings (SSSR count). The van der Waals surface area contributed by atoms with E-state index in [0.717, 1.165) is 33.7 Å². The third-order valence-electron chi connectivity index (χ3n) is 4.37. The Morgan fingerprint density at radius 3 is 2.45 bits per heavy atom. The first-order valence-corrected chi connectivity index (χ1v) is 9.02. The lowest BCUT2D eigenvalue weighted by Crippen LogP contribution is -2.06. The predicted molar refractivity (Wildman–Crippen MR) is 113 cm³/mol.